The van der Waals surface area contributed by atoms with Gasteiger partial charge in [-0.1, -0.05) is 19.4 Å². The van der Waals surface area contributed by atoms with E-state index >= 15 is 0 Å². The molecule has 0 saturated heterocycles. The number of unbranched alkanes of at least 4 members (excludes halogenated alkanes) is 1. The fraction of sp³-hybridized carbons (Fsp3) is 0.400. The number of carboxylic acids is 1. The molecule has 1 aromatic heterocycles. The van der Waals surface area contributed by atoms with Gasteiger partial charge in [0, 0.05) is 25.5 Å². The zero-order valence-corrected chi connectivity index (χ0v) is 11.7. The maximum absolute atomic E-state index is 10.6. The molecular formula is C10H13NO3Zn. The van der Waals surface area contributed by atoms with Crippen LogP contribution in [0.1, 0.15) is 30.3 Å². The van der Waals surface area contributed by atoms with E-state index in [1.807, 2.05) is 0 Å². The molecule has 0 radical (unpaired) electrons. The summed E-state index contributed by atoms with van der Waals surface area (Å²) in [6, 6.07) is 4.72. The maximum atomic E-state index is 10.6. The number of ether oxygens (including phenoxy) is 1. The van der Waals surface area contributed by atoms with E-state index in [1.165, 1.54) is 6.07 Å². The fourth-order valence-corrected chi connectivity index (χ4v) is 0.935. The molecule has 1 N–H and O–H groups in total. The minimum atomic E-state index is -1.04. The molecule has 1 aromatic rings. The molecule has 0 amide bonds. The number of hydrogen-bond donors (Lipinski definition) is 1. The first-order chi connectivity index (χ1) is 6.74. The van der Waals surface area contributed by atoms with Crippen LogP contribution >= 0.6 is 0 Å². The summed E-state index contributed by atoms with van der Waals surface area (Å²) in [4.78, 5) is 14.4. The molecule has 0 aliphatic carbocycles. The summed E-state index contributed by atoms with van der Waals surface area (Å²) in [5.74, 6) is -0.663. The number of carboxylic acid groups (broad SMARTS) is 1. The average Bonchev–Trinajstić information content (AvgIpc) is 2.19. The van der Waals surface area contributed by atoms with Crippen molar-refractivity contribution in [1.82, 2.24) is 4.98 Å². The van der Waals surface area contributed by atoms with Crippen LogP contribution in [0.2, 0.25) is 0 Å². The molecule has 5 heteroatoms. The molecule has 0 spiro atoms. The van der Waals surface area contributed by atoms with Gasteiger partial charge in [0.2, 0.25) is 5.88 Å². The van der Waals surface area contributed by atoms with E-state index < -0.39 is 5.97 Å². The minimum Gasteiger partial charge on any atom is -0.478 e. The van der Waals surface area contributed by atoms with Crippen LogP contribution in [0.4, 0.5) is 0 Å². The summed E-state index contributed by atoms with van der Waals surface area (Å²) in [5, 5.41) is 8.66. The summed E-state index contributed by atoms with van der Waals surface area (Å²) in [6.45, 7) is 2.64. The summed E-state index contributed by atoms with van der Waals surface area (Å²) in [6.07, 6.45) is 1.98. The standard InChI is InChI=1S/C10H13NO3.Zn/c1-2-3-7-14-9-6-4-5-8(11-9)10(12)13;/h4-6H,2-3,7H2,1H3,(H,12,13);. The van der Waals surface area contributed by atoms with Crippen LogP contribution in [0, 0.1) is 0 Å². The fourth-order valence-electron chi connectivity index (χ4n) is 0.935. The molecule has 0 unspecified atom stereocenters. The molecule has 15 heavy (non-hydrogen) atoms. The molecule has 0 atom stereocenters. The Morgan fingerprint density at radius 3 is 2.87 bits per heavy atom. The van der Waals surface area contributed by atoms with E-state index in [4.69, 9.17) is 9.84 Å². The van der Waals surface area contributed by atoms with E-state index in [0.717, 1.165) is 12.8 Å². The van der Waals surface area contributed by atoms with Crippen LogP contribution in [0.5, 0.6) is 5.88 Å². The largest absolute Gasteiger partial charge is 0.478 e. The molecule has 0 aliphatic heterocycles. The summed E-state index contributed by atoms with van der Waals surface area (Å²) >= 11 is 0. The van der Waals surface area contributed by atoms with Crippen molar-refractivity contribution >= 4 is 5.97 Å². The normalized spacial score (nSPS) is 9.13. The monoisotopic (exact) mass is 259 g/mol. The number of rotatable bonds is 5. The zero-order chi connectivity index (χ0) is 10.4. The molecule has 1 heterocycles. The molecule has 4 nitrogen and oxygen atoms in total. The van der Waals surface area contributed by atoms with Crippen LogP contribution in [0.25, 0.3) is 0 Å². The first kappa shape index (κ1) is 14.0. The van der Waals surface area contributed by atoms with Crippen molar-refractivity contribution in [2.45, 2.75) is 19.8 Å². The van der Waals surface area contributed by atoms with Crippen molar-refractivity contribution in [3.05, 3.63) is 23.9 Å². The van der Waals surface area contributed by atoms with Gasteiger partial charge in [-0.15, -0.1) is 0 Å². The number of nitrogens with zero attached hydrogens (tertiary/aromatic N) is 1. The molecule has 0 aliphatic rings. The summed E-state index contributed by atoms with van der Waals surface area (Å²) in [5.41, 5.74) is 0.0130. The number of aromatic nitrogens is 1. The van der Waals surface area contributed by atoms with Gasteiger partial charge in [-0.25, -0.2) is 9.78 Å². The summed E-state index contributed by atoms with van der Waals surface area (Å²) < 4.78 is 5.26. The topological polar surface area (TPSA) is 59.4 Å². The third kappa shape index (κ3) is 4.89. The SMILES string of the molecule is CCCCOc1cccc(C(=O)O)n1.[Zn]. The molecule has 78 valence electrons. The Morgan fingerprint density at radius 2 is 2.27 bits per heavy atom. The van der Waals surface area contributed by atoms with Gasteiger partial charge in [0.25, 0.3) is 0 Å². The number of pyridine rings is 1. The number of aromatic carboxylic acids is 1. The van der Waals surface area contributed by atoms with Crippen LogP contribution in [0.15, 0.2) is 18.2 Å². The Bertz CT molecular complexity index is 317. The maximum Gasteiger partial charge on any atom is 0.354 e. The quantitative estimate of drug-likeness (QED) is 0.649. The Kier molecular flexibility index (Phi) is 6.88. The van der Waals surface area contributed by atoms with E-state index in [2.05, 4.69) is 11.9 Å². The number of hydrogen-bond acceptors (Lipinski definition) is 3. The molecule has 0 saturated carbocycles. The molecule has 1 rings (SSSR count). The van der Waals surface area contributed by atoms with E-state index in [1.54, 1.807) is 12.1 Å². The molecule has 0 bridgehead atoms. The second-order valence-corrected chi connectivity index (χ2v) is 2.87. The second-order valence-electron chi connectivity index (χ2n) is 2.87. The van der Waals surface area contributed by atoms with Crippen molar-refractivity contribution in [3.8, 4) is 5.88 Å². The van der Waals surface area contributed by atoms with Crippen molar-refractivity contribution in [2.24, 2.45) is 0 Å². The van der Waals surface area contributed by atoms with Crippen LogP contribution in [0.3, 0.4) is 0 Å². The van der Waals surface area contributed by atoms with Gasteiger partial charge in [-0.05, 0) is 12.5 Å². The second kappa shape index (κ2) is 7.35. The van der Waals surface area contributed by atoms with Gasteiger partial charge in [-0.2, -0.15) is 0 Å². The Labute approximate surface area is 101 Å². The van der Waals surface area contributed by atoms with Crippen LogP contribution in [-0.2, 0) is 19.5 Å². The van der Waals surface area contributed by atoms with Crippen LogP contribution < -0.4 is 4.74 Å². The van der Waals surface area contributed by atoms with Crippen molar-refractivity contribution in [3.63, 3.8) is 0 Å². The molecule has 0 aromatic carbocycles. The van der Waals surface area contributed by atoms with Gasteiger partial charge >= 0.3 is 5.97 Å². The van der Waals surface area contributed by atoms with Gasteiger partial charge in [0.1, 0.15) is 0 Å². The van der Waals surface area contributed by atoms with Gasteiger partial charge in [-0.3, -0.25) is 0 Å². The predicted octanol–water partition coefficient (Wildman–Crippen LogP) is 1.96. The van der Waals surface area contributed by atoms with E-state index in [-0.39, 0.29) is 25.2 Å². The van der Waals surface area contributed by atoms with Crippen molar-refractivity contribution < 1.29 is 34.1 Å². The molecular weight excluding hydrogens is 248 g/mol. The van der Waals surface area contributed by atoms with Crippen LogP contribution in [-0.4, -0.2) is 22.7 Å². The Hall–Kier alpha value is -0.957. The average molecular weight is 261 g/mol. The van der Waals surface area contributed by atoms with E-state index in [9.17, 15) is 4.79 Å². The predicted molar refractivity (Wildman–Crippen MR) is 51.6 cm³/mol. The summed E-state index contributed by atoms with van der Waals surface area (Å²) in [7, 11) is 0. The van der Waals surface area contributed by atoms with Gasteiger partial charge in [0.05, 0.1) is 6.61 Å². The third-order valence-corrected chi connectivity index (χ3v) is 1.69. The van der Waals surface area contributed by atoms with Gasteiger partial charge < -0.3 is 9.84 Å². The smallest absolute Gasteiger partial charge is 0.354 e. The number of carbonyl (C=O) groups is 1. The first-order valence-corrected chi connectivity index (χ1v) is 4.57. The Morgan fingerprint density at radius 1 is 1.53 bits per heavy atom. The Balaban J connectivity index is 0.00000196. The molecule has 0 fully saturated rings. The zero-order valence-electron chi connectivity index (χ0n) is 8.77. The van der Waals surface area contributed by atoms with Gasteiger partial charge in [0.15, 0.2) is 5.69 Å². The first-order valence-electron chi connectivity index (χ1n) is 4.57. The van der Waals surface area contributed by atoms with Crippen molar-refractivity contribution in [2.75, 3.05) is 6.61 Å². The minimum absolute atomic E-state index is 0. The third-order valence-electron chi connectivity index (χ3n) is 1.69. The van der Waals surface area contributed by atoms with Crippen molar-refractivity contribution in [1.29, 1.82) is 0 Å². The van der Waals surface area contributed by atoms with E-state index in [0.29, 0.717) is 12.5 Å².